The predicted molar refractivity (Wildman–Crippen MR) is 83.1 cm³/mol. The van der Waals surface area contributed by atoms with Crippen LogP contribution in [-0.2, 0) is 23.0 Å². The summed E-state index contributed by atoms with van der Waals surface area (Å²) in [6.45, 7) is 4.19. The van der Waals surface area contributed by atoms with E-state index < -0.39 is 10.0 Å². The molecule has 2 fully saturated rings. The van der Waals surface area contributed by atoms with Crippen LogP contribution in [0.1, 0.15) is 37.9 Å². The van der Waals surface area contributed by atoms with Crippen molar-refractivity contribution in [3.05, 3.63) is 12.0 Å². The Hall–Kier alpha value is -0.920. The molecule has 0 unspecified atom stereocenters. The summed E-state index contributed by atoms with van der Waals surface area (Å²) >= 11 is 0. The molecule has 1 spiro atoms. The van der Waals surface area contributed by atoms with Crippen LogP contribution < -0.4 is 5.32 Å². The van der Waals surface area contributed by atoms with Crippen LogP contribution in [0.2, 0.25) is 0 Å². The number of imidazole rings is 1. The zero-order valence-electron chi connectivity index (χ0n) is 12.9. The van der Waals surface area contributed by atoms with Crippen LogP contribution >= 0.6 is 0 Å². The summed E-state index contributed by atoms with van der Waals surface area (Å²) in [6, 6.07) is 0. The molecule has 0 amide bonds. The van der Waals surface area contributed by atoms with Crippen molar-refractivity contribution in [1.82, 2.24) is 19.2 Å². The lowest BCUT2D eigenvalue weighted by molar-refractivity contribution is 0.174. The minimum Gasteiger partial charge on any atom is -0.318 e. The first kappa shape index (κ1) is 14.7. The van der Waals surface area contributed by atoms with Gasteiger partial charge in [0.25, 0.3) is 10.0 Å². The van der Waals surface area contributed by atoms with Gasteiger partial charge in [-0.05, 0) is 44.1 Å². The third kappa shape index (κ3) is 2.30. The maximum atomic E-state index is 13.0. The highest BCUT2D eigenvalue weighted by molar-refractivity contribution is 7.89. The van der Waals surface area contributed by atoms with Crippen molar-refractivity contribution < 1.29 is 8.42 Å². The zero-order valence-corrected chi connectivity index (χ0v) is 13.7. The van der Waals surface area contributed by atoms with E-state index in [0.717, 1.165) is 57.6 Å². The molecule has 0 saturated carbocycles. The van der Waals surface area contributed by atoms with Crippen molar-refractivity contribution in [3.63, 3.8) is 0 Å². The van der Waals surface area contributed by atoms with Gasteiger partial charge in [0.15, 0.2) is 5.03 Å². The maximum Gasteiger partial charge on any atom is 0.260 e. The highest BCUT2D eigenvalue weighted by Crippen LogP contribution is 2.38. The number of fused-ring (bicyclic) bond motifs is 1. The van der Waals surface area contributed by atoms with Crippen LogP contribution in [0.15, 0.2) is 11.2 Å². The summed E-state index contributed by atoms with van der Waals surface area (Å²) in [5.41, 5.74) is 0.336. The Morgan fingerprint density at radius 3 is 2.68 bits per heavy atom. The lowest BCUT2D eigenvalue weighted by Crippen LogP contribution is -2.44. The predicted octanol–water partition coefficient (Wildman–Crippen LogP) is 0.984. The summed E-state index contributed by atoms with van der Waals surface area (Å²) in [5, 5.41) is 3.83. The molecule has 122 valence electrons. The standard InChI is InChI=1S/C15H24N4O2S/c20-22(21,14-11-17-13-3-1-2-8-19(13)14)18-9-5-15(6-10-18)4-7-16-12-15/h11,16H,1-10,12H2. The van der Waals surface area contributed by atoms with Crippen molar-refractivity contribution in [1.29, 1.82) is 0 Å². The fourth-order valence-corrected chi connectivity index (χ4v) is 5.74. The molecule has 1 N–H and O–H groups in total. The first-order valence-corrected chi connectivity index (χ1v) is 9.80. The lowest BCUT2D eigenvalue weighted by atomic mass is 9.78. The number of rotatable bonds is 2. The largest absolute Gasteiger partial charge is 0.318 e. The molecule has 3 aliphatic rings. The van der Waals surface area contributed by atoms with Crippen LogP contribution in [0.4, 0.5) is 0 Å². The quantitative estimate of drug-likeness (QED) is 0.881. The molecule has 2 saturated heterocycles. The average molecular weight is 324 g/mol. The maximum absolute atomic E-state index is 13.0. The molecule has 0 atom stereocenters. The van der Waals surface area contributed by atoms with E-state index >= 15 is 0 Å². The van der Waals surface area contributed by atoms with E-state index in [2.05, 4.69) is 10.3 Å². The Balaban J connectivity index is 1.56. The van der Waals surface area contributed by atoms with Crippen molar-refractivity contribution in [2.45, 2.75) is 50.1 Å². The Morgan fingerprint density at radius 2 is 1.95 bits per heavy atom. The Bertz CT molecular complexity index is 651. The van der Waals surface area contributed by atoms with Crippen molar-refractivity contribution >= 4 is 10.0 Å². The molecule has 0 radical (unpaired) electrons. The molecule has 7 heteroatoms. The van der Waals surface area contributed by atoms with E-state index in [1.165, 1.54) is 6.42 Å². The number of hydrogen-bond acceptors (Lipinski definition) is 4. The van der Waals surface area contributed by atoms with Crippen molar-refractivity contribution in [3.8, 4) is 0 Å². The molecule has 4 rings (SSSR count). The van der Waals surface area contributed by atoms with Gasteiger partial charge in [0, 0.05) is 32.6 Å². The third-order valence-corrected chi connectivity index (χ3v) is 7.55. The Labute approximate surface area is 132 Å². The molecule has 22 heavy (non-hydrogen) atoms. The number of nitrogens with one attached hydrogen (secondary N) is 1. The summed E-state index contributed by atoms with van der Waals surface area (Å²) < 4.78 is 29.5. The molecule has 1 aromatic rings. The second-order valence-electron chi connectivity index (χ2n) is 6.95. The fraction of sp³-hybridized carbons (Fsp3) is 0.800. The lowest BCUT2D eigenvalue weighted by Gasteiger charge is -2.38. The number of sulfonamides is 1. The molecule has 0 aromatic carbocycles. The summed E-state index contributed by atoms with van der Waals surface area (Å²) in [7, 11) is -3.39. The van der Waals surface area contributed by atoms with Gasteiger partial charge in [-0.15, -0.1) is 0 Å². The van der Waals surface area contributed by atoms with Gasteiger partial charge in [-0.3, -0.25) is 0 Å². The fourth-order valence-electron chi connectivity index (χ4n) is 4.15. The summed E-state index contributed by atoms with van der Waals surface area (Å²) in [4.78, 5) is 4.34. The second-order valence-corrected chi connectivity index (χ2v) is 8.84. The van der Waals surface area contributed by atoms with Crippen molar-refractivity contribution in [2.24, 2.45) is 5.41 Å². The first-order valence-electron chi connectivity index (χ1n) is 8.36. The molecule has 0 aliphatic carbocycles. The van der Waals surface area contributed by atoms with Gasteiger partial charge in [-0.25, -0.2) is 13.4 Å². The van der Waals surface area contributed by atoms with Gasteiger partial charge in [-0.2, -0.15) is 4.31 Å². The smallest absolute Gasteiger partial charge is 0.260 e. The summed E-state index contributed by atoms with van der Waals surface area (Å²) in [6.07, 6.45) is 7.74. The van der Waals surface area contributed by atoms with E-state index in [1.807, 2.05) is 4.57 Å². The Kier molecular flexibility index (Phi) is 3.54. The molecule has 6 nitrogen and oxygen atoms in total. The van der Waals surface area contributed by atoms with E-state index in [1.54, 1.807) is 10.5 Å². The summed E-state index contributed by atoms with van der Waals surface area (Å²) in [5.74, 6) is 0.929. The number of aryl methyl sites for hydroxylation is 1. The van der Waals surface area contributed by atoms with Crippen molar-refractivity contribution in [2.75, 3.05) is 26.2 Å². The number of hydrogen-bond donors (Lipinski definition) is 1. The molecule has 4 heterocycles. The molecular formula is C15H24N4O2S. The van der Waals surface area contributed by atoms with Gasteiger partial charge in [0.05, 0.1) is 6.20 Å². The average Bonchev–Trinajstić information content (AvgIpc) is 3.15. The van der Waals surface area contributed by atoms with Gasteiger partial charge < -0.3 is 9.88 Å². The highest BCUT2D eigenvalue weighted by atomic mass is 32.2. The van der Waals surface area contributed by atoms with Gasteiger partial charge in [0.1, 0.15) is 5.82 Å². The number of piperidine rings is 1. The minimum atomic E-state index is -3.39. The molecule has 0 bridgehead atoms. The number of nitrogens with zero attached hydrogens (tertiary/aromatic N) is 3. The van der Waals surface area contributed by atoms with E-state index in [4.69, 9.17) is 0 Å². The normalized spacial score (nSPS) is 25.5. The Morgan fingerprint density at radius 1 is 1.14 bits per heavy atom. The highest BCUT2D eigenvalue weighted by Gasteiger charge is 2.41. The van der Waals surface area contributed by atoms with E-state index in [-0.39, 0.29) is 0 Å². The zero-order chi connectivity index (χ0) is 15.2. The van der Waals surface area contributed by atoms with Crippen LogP contribution in [-0.4, -0.2) is 48.5 Å². The SMILES string of the molecule is O=S(=O)(c1cnc2n1CCCC2)N1CCC2(CCNC2)CC1. The minimum absolute atomic E-state index is 0.336. The monoisotopic (exact) mass is 324 g/mol. The second kappa shape index (κ2) is 5.32. The topological polar surface area (TPSA) is 67.2 Å². The number of aromatic nitrogens is 2. The van der Waals surface area contributed by atoms with Crippen LogP contribution in [0, 0.1) is 5.41 Å². The van der Waals surface area contributed by atoms with Gasteiger partial charge >= 0.3 is 0 Å². The molecular weight excluding hydrogens is 300 g/mol. The molecule has 3 aliphatic heterocycles. The van der Waals surface area contributed by atoms with Crippen LogP contribution in [0.25, 0.3) is 0 Å². The van der Waals surface area contributed by atoms with E-state index in [0.29, 0.717) is 23.5 Å². The van der Waals surface area contributed by atoms with E-state index in [9.17, 15) is 8.42 Å². The molecule has 1 aromatic heterocycles. The van der Waals surface area contributed by atoms with Crippen LogP contribution in [0.3, 0.4) is 0 Å². The van der Waals surface area contributed by atoms with Gasteiger partial charge in [-0.1, -0.05) is 0 Å². The first-order chi connectivity index (χ1) is 10.6. The van der Waals surface area contributed by atoms with Gasteiger partial charge in [0.2, 0.25) is 0 Å². The van der Waals surface area contributed by atoms with Crippen LogP contribution in [0.5, 0.6) is 0 Å². The third-order valence-electron chi connectivity index (χ3n) is 5.65.